The van der Waals surface area contributed by atoms with Crippen LogP contribution in [0, 0.1) is 23.7 Å². The number of aliphatic hydroxyl groups is 1. The van der Waals surface area contributed by atoms with E-state index < -0.39 is 13.8 Å². The summed E-state index contributed by atoms with van der Waals surface area (Å²) < 4.78 is 11.2. The highest BCUT2D eigenvalue weighted by Gasteiger charge is 2.65. The van der Waals surface area contributed by atoms with E-state index in [1.54, 1.807) is 14.2 Å². The molecule has 1 amide bonds. The molecule has 1 N–H and O–H groups in total. The average molecular weight is 562 g/mol. The summed E-state index contributed by atoms with van der Waals surface area (Å²) in [5, 5.41) is 12.4. The van der Waals surface area contributed by atoms with Gasteiger partial charge in [0.15, 0.2) is 11.5 Å². The molecule has 4 aliphatic rings. The van der Waals surface area contributed by atoms with Gasteiger partial charge in [-0.05, 0) is 79.6 Å². The Bertz CT molecular complexity index is 1040. The predicted octanol–water partition coefficient (Wildman–Crippen LogP) is 5.83. The molecule has 5 atom stereocenters. The van der Waals surface area contributed by atoms with Gasteiger partial charge >= 0.3 is 0 Å². The Morgan fingerprint density at radius 3 is 2.43 bits per heavy atom. The van der Waals surface area contributed by atoms with Crippen LogP contribution in [-0.2, 0) is 11.2 Å². The first-order valence-corrected chi connectivity index (χ1v) is 19.3. The van der Waals surface area contributed by atoms with Crippen molar-refractivity contribution in [2.75, 3.05) is 32.3 Å². The number of thioether (sulfide) groups is 2. The van der Waals surface area contributed by atoms with E-state index in [4.69, 9.17) is 9.47 Å². The average Bonchev–Trinajstić information content (AvgIpc) is 3.56. The van der Waals surface area contributed by atoms with E-state index >= 15 is 0 Å². The van der Waals surface area contributed by atoms with E-state index in [-0.39, 0.29) is 23.7 Å². The highest BCUT2D eigenvalue weighted by atomic mass is 32.2. The van der Waals surface area contributed by atoms with Crippen molar-refractivity contribution in [2.24, 2.45) is 23.7 Å². The summed E-state index contributed by atoms with van der Waals surface area (Å²) >= 11 is 4.35. The van der Waals surface area contributed by atoms with Crippen molar-refractivity contribution in [1.29, 1.82) is 0 Å². The van der Waals surface area contributed by atoms with Crippen LogP contribution in [0.2, 0.25) is 19.6 Å². The van der Waals surface area contributed by atoms with Gasteiger partial charge in [0.2, 0.25) is 5.91 Å². The highest BCUT2D eigenvalue weighted by molar-refractivity contribution is 8.21. The minimum atomic E-state index is -1.42. The number of carbonyl (C=O) groups is 1. The van der Waals surface area contributed by atoms with Crippen molar-refractivity contribution in [2.45, 2.75) is 67.6 Å². The maximum Gasteiger partial charge on any atom is 0.229 e. The number of fused-ring (bicyclic) bond motifs is 5. The van der Waals surface area contributed by atoms with Crippen LogP contribution in [0.5, 0.6) is 11.5 Å². The van der Waals surface area contributed by atoms with Crippen molar-refractivity contribution >= 4 is 37.5 Å². The highest BCUT2D eigenvalue weighted by Crippen LogP contribution is 2.59. The van der Waals surface area contributed by atoms with Gasteiger partial charge in [-0.15, -0.1) is 23.5 Å². The monoisotopic (exact) mass is 561 g/mol. The van der Waals surface area contributed by atoms with Crippen LogP contribution < -0.4 is 9.47 Å². The van der Waals surface area contributed by atoms with Gasteiger partial charge in [0, 0.05) is 12.5 Å². The fraction of sp³-hybridized carbons (Fsp3) is 0.690. The molecule has 0 radical (unpaired) electrons. The predicted molar refractivity (Wildman–Crippen MR) is 157 cm³/mol. The minimum absolute atomic E-state index is 0.0231. The molecule has 204 valence electrons. The molecule has 2 aliphatic heterocycles. The van der Waals surface area contributed by atoms with Crippen LogP contribution in [0.3, 0.4) is 0 Å². The number of nitrogens with zero attached hydrogens (tertiary/aromatic N) is 1. The summed E-state index contributed by atoms with van der Waals surface area (Å²) in [5.74, 6) is 4.62. The molecular weight excluding hydrogens is 519 g/mol. The Morgan fingerprint density at radius 1 is 1.05 bits per heavy atom. The quantitative estimate of drug-likeness (QED) is 0.287. The topological polar surface area (TPSA) is 59.0 Å². The number of allylic oxidation sites excluding steroid dienone is 2. The van der Waals surface area contributed by atoms with Gasteiger partial charge in [0.05, 0.1) is 31.9 Å². The Hall–Kier alpha value is -1.09. The lowest BCUT2D eigenvalue weighted by atomic mass is 9.78. The molecule has 2 bridgehead atoms. The Morgan fingerprint density at radius 2 is 1.76 bits per heavy atom. The molecule has 5 rings (SSSR count). The van der Waals surface area contributed by atoms with E-state index in [0.29, 0.717) is 40.5 Å². The summed E-state index contributed by atoms with van der Waals surface area (Å²) in [6.45, 7) is 8.02. The molecule has 8 heteroatoms. The van der Waals surface area contributed by atoms with Crippen LogP contribution in [0.25, 0.3) is 0 Å². The lowest BCUT2D eigenvalue weighted by molar-refractivity contribution is -0.155. The van der Waals surface area contributed by atoms with Crippen LogP contribution in [0.1, 0.15) is 37.7 Å². The molecule has 2 saturated heterocycles. The number of likely N-dealkylation sites (tertiary alicyclic amines) is 1. The second-order valence-corrected chi connectivity index (χ2v) is 21.3. The summed E-state index contributed by atoms with van der Waals surface area (Å²) in [7, 11) is 1.86. The van der Waals surface area contributed by atoms with Gasteiger partial charge in [-0.3, -0.25) is 4.79 Å². The van der Waals surface area contributed by atoms with Crippen molar-refractivity contribution in [1.82, 2.24) is 4.90 Å². The van der Waals surface area contributed by atoms with E-state index in [2.05, 4.69) is 55.3 Å². The third kappa shape index (κ3) is 4.78. The molecule has 3 fully saturated rings. The Kier molecular flexibility index (Phi) is 7.78. The summed E-state index contributed by atoms with van der Waals surface area (Å²) in [5.41, 5.74) is 0.0197. The number of amides is 1. The minimum Gasteiger partial charge on any atom is -0.493 e. The molecule has 1 aromatic rings. The first-order valence-electron chi connectivity index (χ1n) is 13.8. The normalized spacial score (nSPS) is 32.2. The van der Waals surface area contributed by atoms with Crippen LogP contribution >= 0.6 is 23.5 Å². The SMILES string of the molecule is COc1ccc(CCN2C(=O)[C@@H]3[C@@H]([C@@H]4C=C[C@H]3C4)[C@@]2(O)CCCC2([Si](C)(C)C)SCCCS2)cc1OC. The Balaban J connectivity index is 1.35. The van der Waals surface area contributed by atoms with E-state index in [9.17, 15) is 9.90 Å². The lowest BCUT2D eigenvalue weighted by Crippen LogP contribution is -2.52. The molecule has 5 nitrogen and oxygen atoms in total. The van der Waals surface area contributed by atoms with Crippen molar-refractivity contribution in [3.05, 3.63) is 35.9 Å². The van der Waals surface area contributed by atoms with Gasteiger partial charge in [0.25, 0.3) is 0 Å². The number of hydrogen-bond donors (Lipinski definition) is 1. The summed E-state index contributed by atoms with van der Waals surface area (Å²) in [4.78, 5) is 15.7. The largest absolute Gasteiger partial charge is 0.493 e. The second kappa shape index (κ2) is 10.5. The zero-order valence-corrected chi connectivity index (χ0v) is 25.6. The van der Waals surface area contributed by atoms with E-state index in [1.165, 1.54) is 17.9 Å². The van der Waals surface area contributed by atoms with E-state index in [0.717, 1.165) is 24.8 Å². The standard InChI is InChI=1S/C29H43NO4S2Si/c1-33-23-11-8-20(18-24(23)34-2)12-15-30-27(31)25-21-9-10-22(19-21)26(25)28(30,32)13-6-14-29(37(3,4)5)35-16-7-17-36-29/h8-11,18,21-22,25-26,32H,6-7,12-17,19H2,1-5H3/t21-,22+,25-,26+,28-/m0/s1. The zero-order chi connectivity index (χ0) is 26.4. The summed E-state index contributed by atoms with van der Waals surface area (Å²) in [6.07, 6.45) is 10.3. The van der Waals surface area contributed by atoms with Crippen LogP contribution in [0.15, 0.2) is 30.4 Å². The molecule has 2 aliphatic carbocycles. The maximum atomic E-state index is 13.8. The number of ether oxygens (including phenoxy) is 2. The van der Waals surface area contributed by atoms with Gasteiger partial charge in [0.1, 0.15) is 5.72 Å². The molecule has 37 heavy (non-hydrogen) atoms. The molecule has 2 heterocycles. The van der Waals surface area contributed by atoms with Crippen LogP contribution in [-0.4, -0.2) is 65.7 Å². The van der Waals surface area contributed by atoms with Crippen LogP contribution in [0.4, 0.5) is 0 Å². The fourth-order valence-corrected chi connectivity index (χ4v) is 15.2. The molecule has 0 unspecified atom stereocenters. The van der Waals surface area contributed by atoms with Crippen molar-refractivity contribution < 1.29 is 19.4 Å². The smallest absolute Gasteiger partial charge is 0.229 e. The molecular formula is C29H43NO4S2Si. The maximum absolute atomic E-state index is 13.8. The first-order chi connectivity index (χ1) is 17.6. The number of methoxy groups -OCH3 is 2. The van der Waals surface area contributed by atoms with Gasteiger partial charge in [-0.1, -0.05) is 37.9 Å². The van der Waals surface area contributed by atoms with Gasteiger partial charge in [-0.2, -0.15) is 0 Å². The molecule has 1 saturated carbocycles. The number of carbonyl (C=O) groups excluding carboxylic acids is 1. The van der Waals surface area contributed by atoms with E-state index in [1.807, 2.05) is 23.1 Å². The van der Waals surface area contributed by atoms with Crippen molar-refractivity contribution in [3.63, 3.8) is 0 Å². The Labute approximate surface area is 232 Å². The molecule has 0 aromatic heterocycles. The number of benzene rings is 1. The molecule has 0 spiro atoms. The zero-order valence-electron chi connectivity index (χ0n) is 23.0. The first kappa shape index (κ1) is 27.5. The lowest BCUT2D eigenvalue weighted by Gasteiger charge is -2.46. The van der Waals surface area contributed by atoms with Gasteiger partial charge in [-0.25, -0.2) is 0 Å². The van der Waals surface area contributed by atoms with Gasteiger partial charge < -0.3 is 19.5 Å². The third-order valence-corrected chi connectivity index (χ3v) is 19.3. The number of rotatable bonds is 10. The number of hydrogen-bond acceptors (Lipinski definition) is 6. The second-order valence-electron chi connectivity index (χ2n) is 12.2. The summed E-state index contributed by atoms with van der Waals surface area (Å²) in [6, 6.07) is 5.93. The molecule has 1 aromatic carbocycles. The van der Waals surface area contributed by atoms with Crippen molar-refractivity contribution in [3.8, 4) is 11.5 Å². The third-order valence-electron chi connectivity index (χ3n) is 9.24. The fourth-order valence-electron chi connectivity index (χ4n) is 7.33.